The summed E-state index contributed by atoms with van der Waals surface area (Å²) in [4.78, 5) is 12.0. The number of anilines is 1. The Morgan fingerprint density at radius 1 is 1.53 bits per heavy atom. The Hall–Kier alpha value is -2.23. The number of nitrogens with one attached hydrogen (secondary N) is 1. The van der Waals surface area contributed by atoms with E-state index >= 15 is 0 Å². The van der Waals surface area contributed by atoms with Crippen molar-refractivity contribution in [1.82, 2.24) is 10.2 Å². The molecule has 0 bridgehead atoms. The van der Waals surface area contributed by atoms with E-state index in [1.165, 1.54) is 11.3 Å². The van der Waals surface area contributed by atoms with E-state index in [9.17, 15) is 4.79 Å². The van der Waals surface area contributed by atoms with E-state index < -0.39 is 0 Å². The molecule has 0 saturated carbocycles. The van der Waals surface area contributed by atoms with Crippen LogP contribution in [-0.2, 0) is 0 Å². The third-order valence-electron chi connectivity index (χ3n) is 2.41. The predicted molar refractivity (Wildman–Crippen MR) is 75.0 cm³/mol. The van der Waals surface area contributed by atoms with Crippen LogP contribution >= 0.6 is 11.3 Å². The minimum atomic E-state index is -0.229. The maximum atomic E-state index is 12.0. The van der Waals surface area contributed by atoms with Crippen molar-refractivity contribution in [3.8, 4) is 11.8 Å². The van der Waals surface area contributed by atoms with Crippen molar-refractivity contribution in [2.45, 2.75) is 6.92 Å². The first kappa shape index (κ1) is 13.2. The Kier molecular flexibility index (Phi) is 4.23. The number of rotatable bonds is 2. The number of carbonyl (C=O) groups is 1. The summed E-state index contributed by atoms with van der Waals surface area (Å²) < 4.78 is 0. The number of nitrogens with two attached hydrogens (primary N) is 1. The highest BCUT2D eigenvalue weighted by Gasteiger charge is 2.09. The minimum Gasteiger partial charge on any atom is -0.320 e. The third kappa shape index (κ3) is 3.37. The van der Waals surface area contributed by atoms with E-state index in [2.05, 4.69) is 27.4 Å². The van der Waals surface area contributed by atoms with E-state index in [1.807, 2.05) is 13.0 Å². The fourth-order valence-electron chi connectivity index (χ4n) is 1.44. The van der Waals surface area contributed by atoms with Crippen LogP contribution in [-0.4, -0.2) is 22.6 Å². The van der Waals surface area contributed by atoms with Gasteiger partial charge in [-0.05, 0) is 24.6 Å². The Labute approximate surface area is 114 Å². The largest absolute Gasteiger partial charge is 0.320 e. The van der Waals surface area contributed by atoms with E-state index in [0.717, 1.165) is 11.1 Å². The van der Waals surface area contributed by atoms with Crippen LogP contribution in [0.1, 0.15) is 21.5 Å². The number of aryl methyl sites for hydroxylation is 1. The van der Waals surface area contributed by atoms with Gasteiger partial charge in [-0.2, -0.15) is 0 Å². The third-order valence-corrected chi connectivity index (χ3v) is 3.01. The van der Waals surface area contributed by atoms with Crippen LogP contribution in [0.2, 0.25) is 0 Å². The van der Waals surface area contributed by atoms with Gasteiger partial charge in [-0.3, -0.25) is 10.1 Å². The van der Waals surface area contributed by atoms with Gasteiger partial charge in [-0.15, -0.1) is 10.2 Å². The SMILES string of the molecule is Cc1ccc(C(=O)Nc2nncs2)cc1C#CCN. The van der Waals surface area contributed by atoms with Crippen molar-refractivity contribution in [2.75, 3.05) is 11.9 Å². The molecule has 96 valence electrons. The smallest absolute Gasteiger partial charge is 0.257 e. The quantitative estimate of drug-likeness (QED) is 0.810. The minimum absolute atomic E-state index is 0.229. The zero-order chi connectivity index (χ0) is 13.7. The van der Waals surface area contributed by atoms with E-state index in [1.54, 1.807) is 17.6 Å². The van der Waals surface area contributed by atoms with Crippen molar-refractivity contribution in [3.05, 3.63) is 40.4 Å². The summed E-state index contributed by atoms with van der Waals surface area (Å²) in [5, 5.41) is 10.6. The van der Waals surface area contributed by atoms with Gasteiger partial charge in [0.2, 0.25) is 5.13 Å². The zero-order valence-corrected chi connectivity index (χ0v) is 11.1. The number of amides is 1. The van der Waals surface area contributed by atoms with Crippen LogP contribution in [0.4, 0.5) is 5.13 Å². The maximum Gasteiger partial charge on any atom is 0.257 e. The van der Waals surface area contributed by atoms with Crippen LogP contribution < -0.4 is 11.1 Å². The number of aromatic nitrogens is 2. The van der Waals surface area contributed by atoms with Gasteiger partial charge in [-0.1, -0.05) is 29.2 Å². The second-order valence-electron chi connectivity index (χ2n) is 3.73. The lowest BCUT2D eigenvalue weighted by Crippen LogP contribution is -2.12. The molecule has 0 fully saturated rings. The normalized spacial score (nSPS) is 9.58. The molecule has 5 nitrogen and oxygen atoms in total. The lowest BCUT2D eigenvalue weighted by molar-refractivity contribution is 0.102. The molecule has 3 N–H and O–H groups in total. The summed E-state index contributed by atoms with van der Waals surface area (Å²) in [6.45, 7) is 2.23. The van der Waals surface area contributed by atoms with Crippen LogP contribution in [0.15, 0.2) is 23.7 Å². The zero-order valence-electron chi connectivity index (χ0n) is 10.3. The second kappa shape index (κ2) is 6.09. The van der Waals surface area contributed by atoms with Crippen molar-refractivity contribution >= 4 is 22.4 Å². The molecule has 0 aliphatic carbocycles. The Balaban J connectivity index is 2.22. The summed E-state index contributed by atoms with van der Waals surface area (Å²) in [6, 6.07) is 5.35. The number of hydrogen-bond donors (Lipinski definition) is 2. The second-order valence-corrected chi connectivity index (χ2v) is 4.57. The molecular formula is C13H12N4OS. The Morgan fingerprint density at radius 2 is 2.37 bits per heavy atom. The van der Waals surface area contributed by atoms with Crippen LogP contribution in [0.5, 0.6) is 0 Å². The molecule has 0 unspecified atom stereocenters. The van der Waals surface area contributed by atoms with E-state index in [-0.39, 0.29) is 5.91 Å². The number of nitrogens with zero attached hydrogens (tertiary/aromatic N) is 2. The van der Waals surface area contributed by atoms with Gasteiger partial charge >= 0.3 is 0 Å². The van der Waals surface area contributed by atoms with Crippen LogP contribution in [0, 0.1) is 18.8 Å². The predicted octanol–water partition coefficient (Wildman–Crippen LogP) is 1.41. The molecule has 0 radical (unpaired) electrons. The Morgan fingerprint density at radius 3 is 3.05 bits per heavy atom. The van der Waals surface area contributed by atoms with Crippen LogP contribution in [0.25, 0.3) is 0 Å². The molecule has 0 atom stereocenters. The molecule has 0 spiro atoms. The summed E-state index contributed by atoms with van der Waals surface area (Å²) in [5.41, 5.74) is 9.25. The number of benzene rings is 1. The van der Waals surface area contributed by atoms with Gasteiger partial charge in [0, 0.05) is 11.1 Å². The lowest BCUT2D eigenvalue weighted by Gasteiger charge is -2.04. The molecule has 1 heterocycles. The lowest BCUT2D eigenvalue weighted by atomic mass is 10.0. The van der Waals surface area contributed by atoms with Gasteiger partial charge in [-0.25, -0.2) is 0 Å². The maximum absolute atomic E-state index is 12.0. The van der Waals surface area contributed by atoms with Gasteiger partial charge < -0.3 is 5.73 Å². The van der Waals surface area contributed by atoms with Gasteiger partial charge in [0.05, 0.1) is 6.54 Å². The molecule has 6 heteroatoms. The first-order valence-corrected chi connectivity index (χ1v) is 6.46. The molecule has 19 heavy (non-hydrogen) atoms. The monoisotopic (exact) mass is 272 g/mol. The molecule has 1 amide bonds. The number of hydrogen-bond acceptors (Lipinski definition) is 5. The van der Waals surface area contributed by atoms with Gasteiger partial charge in [0.15, 0.2) is 0 Å². The molecule has 2 aromatic rings. The van der Waals surface area contributed by atoms with Gasteiger partial charge in [0.1, 0.15) is 5.51 Å². The van der Waals surface area contributed by atoms with E-state index in [4.69, 9.17) is 5.73 Å². The average Bonchev–Trinajstić information content (AvgIpc) is 2.90. The van der Waals surface area contributed by atoms with Crippen molar-refractivity contribution in [1.29, 1.82) is 0 Å². The highest BCUT2D eigenvalue weighted by molar-refractivity contribution is 7.13. The van der Waals surface area contributed by atoms with Crippen molar-refractivity contribution in [2.24, 2.45) is 5.73 Å². The van der Waals surface area contributed by atoms with Crippen molar-refractivity contribution < 1.29 is 4.79 Å². The molecule has 0 aliphatic rings. The molecule has 0 saturated heterocycles. The average molecular weight is 272 g/mol. The molecule has 1 aromatic carbocycles. The summed E-state index contributed by atoms with van der Waals surface area (Å²) in [6.07, 6.45) is 0. The Bertz CT molecular complexity index is 640. The summed E-state index contributed by atoms with van der Waals surface area (Å²) >= 11 is 1.27. The molecule has 0 aliphatic heterocycles. The highest BCUT2D eigenvalue weighted by Crippen LogP contribution is 2.14. The molecule has 1 aromatic heterocycles. The highest BCUT2D eigenvalue weighted by atomic mass is 32.1. The van der Waals surface area contributed by atoms with Gasteiger partial charge in [0.25, 0.3) is 5.91 Å². The molecule has 2 rings (SSSR count). The molecular weight excluding hydrogens is 260 g/mol. The van der Waals surface area contributed by atoms with Crippen LogP contribution in [0.3, 0.4) is 0 Å². The topological polar surface area (TPSA) is 80.9 Å². The standard InChI is InChI=1S/C13H12N4OS/c1-9-4-5-11(7-10(9)3-2-6-14)12(18)16-13-17-15-8-19-13/h4-5,7-8H,6,14H2,1H3,(H,16,17,18). The van der Waals surface area contributed by atoms with E-state index in [0.29, 0.717) is 17.2 Å². The first-order valence-electron chi connectivity index (χ1n) is 5.58. The fraction of sp³-hybridized carbons (Fsp3) is 0.154. The first-order chi connectivity index (χ1) is 9.20. The number of carbonyl (C=O) groups excluding carboxylic acids is 1. The van der Waals surface area contributed by atoms with Crippen molar-refractivity contribution in [3.63, 3.8) is 0 Å². The summed E-state index contributed by atoms with van der Waals surface area (Å²) in [7, 11) is 0. The fourth-order valence-corrected chi connectivity index (χ4v) is 1.88. The summed E-state index contributed by atoms with van der Waals surface area (Å²) in [5.74, 6) is 5.50.